The van der Waals surface area contributed by atoms with Crippen molar-refractivity contribution in [3.05, 3.63) is 35.7 Å². The summed E-state index contributed by atoms with van der Waals surface area (Å²) in [5.41, 5.74) is 2.19. The van der Waals surface area contributed by atoms with Crippen LogP contribution in [0.25, 0.3) is 11.4 Å². The average Bonchev–Trinajstić information content (AvgIpc) is 3.14. The van der Waals surface area contributed by atoms with Crippen molar-refractivity contribution in [3.8, 4) is 11.4 Å². The van der Waals surface area contributed by atoms with Crippen molar-refractivity contribution < 1.29 is 12.9 Å². The van der Waals surface area contributed by atoms with Crippen LogP contribution in [-0.4, -0.2) is 48.1 Å². The molecule has 1 fully saturated rings. The van der Waals surface area contributed by atoms with Gasteiger partial charge in [0.2, 0.25) is 11.7 Å². The zero-order chi connectivity index (χ0) is 17.3. The van der Waals surface area contributed by atoms with Gasteiger partial charge in [0, 0.05) is 11.6 Å². The highest BCUT2D eigenvalue weighted by Gasteiger charge is 2.31. The first-order valence-corrected chi connectivity index (χ1v) is 10.00. The number of hydrogen-bond acceptors (Lipinski definition) is 6. The molecule has 0 aliphatic carbocycles. The molecule has 0 amide bonds. The largest absolute Gasteiger partial charge is 0.338 e. The summed E-state index contributed by atoms with van der Waals surface area (Å²) >= 11 is 0. The van der Waals surface area contributed by atoms with Crippen molar-refractivity contribution in [2.24, 2.45) is 0 Å². The molecule has 1 aromatic carbocycles. The van der Waals surface area contributed by atoms with Crippen LogP contribution in [0.1, 0.15) is 37.6 Å². The van der Waals surface area contributed by atoms with Crippen molar-refractivity contribution in [1.82, 2.24) is 15.0 Å². The number of aromatic nitrogens is 2. The second-order valence-electron chi connectivity index (χ2n) is 6.76. The lowest BCUT2D eigenvalue weighted by Gasteiger charge is -2.20. The van der Waals surface area contributed by atoms with E-state index in [4.69, 9.17) is 4.52 Å². The molecule has 130 valence electrons. The van der Waals surface area contributed by atoms with E-state index in [1.165, 1.54) is 5.56 Å². The van der Waals surface area contributed by atoms with Crippen molar-refractivity contribution in [1.29, 1.82) is 0 Å². The molecule has 7 heteroatoms. The molecule has 1 aliphatic rings. The number of sulfone groups is 1. The van der Waals surface area contributed by atoms with Crippen LogP contribution in [0.3, 0.4) is 0 Å². The third-order valence-electron chi connectivity index (χ3n) is 4.52. The standard InChI is InChI=1S/C17H23N3O3S/c1-12(2)13-4-6-14(7-5-13)17-18-16(23-19-17)10-20(3)15-8-9-24(21,22)11-15/h4-7,12,15H,8-11H2,1-3H3. The molecule has 6 nitrogen and oxygen atoms in total. The number of benzene rings is 1. The first-order chi connectivity index (χ1) is 11.3. The van der Waals surface area contributed by atoms with Crippen LogP contribution in [0.5, 0.6) is 0 Å². The lowest BCUT2D eigenvalue weighted by atomic mass is 10.0. The molecule has 0 spiro atoms. The molecule has 0 radical (unpaired) electrons. The summed E-state index contributed by atoms with van der Waals surface area (Å²) in [6.45, 7) is 4.76. The van der Waals surface area contributed by atoms with Crippen molar-refractivity contribution in [3.63, 3.8) is 0 Å². The summed E-state index contributed by atoms with van der Waals surface area (Å²) in [6.07, 6.45) is 0.663. The van der Waals surface area contributed by atoms with Gasteiger partial charge in [0.25, 0.3) is 0 Å². The highest BCUT2D eigenvalue weighted by molar-refractivity contribution is 7.91. The van der Waals surface area contributed by atoms with E-state index in [1.54, 1.807) is 0 Å². The quantitative estimate of drug-likeness (QED) is 0.825. The van der Waals surface area contributed by atoms with Gasteiger partial charge >= 0.3 is 0 Å². The normalized spacial score (nSPS) is 20.1. The molecule has 1 aromatic heterocycles. The van der Waals surface area contributed by atoms with Crippen molar-refractivity contribution in [2.75, 3.05) is 18.6 Å². The fourth-order valence-corrected chi connectivity index (χ4v) is 4.72. The molecular formula is C17H23N3O3S. The minimum Gasteiger partial charge on any atom is -0.338 e. The van der Waals surface area contributed by atoms with Crippen LogP contribution in [0.4, 0.5) is 0 Å². The first-order valence-electron chi connectivity index (χ1n) is 8.17. The predicted molar refractivity (Wildman–Crippen MR) is 92.3 cm³/mol. The van der Waals surface area contributed by atoms with E-state index in [2.05, 4.69) is 36.1 Å². The SMILES string of the molecule is CC(C)c1ccc(-c2noc(CN(C)C3CCS(=O)(=O)C3)n2)cc1. The minimum absolute atomic E-state index is 0.0238. The Balaban J connectivity index is 1.67. The van der Waals surface area contributed by atoms with Gasteiger partial charge in [0.05, 0.1) is 18.1 Å². The van der Waals surface area contributed by atoms with Gasteiger partial charge in [-0.05, 0) is 24.9 Å². The molecule has 2 heterocycles. The Morgan fingerprint density at radius 2 is 2.00 bits per heavy atom. The summed E-state index contributed by atoms with van der Waals surface area (Å²) in [7, 11) is -0.994. The Morgan fingerprint density at radius 1 is 1.29 bits per heavy atom. The van der Waals surface area contributed by atoms with Gasteiger partial charge < -0.3 is 4.52 Å². The molecule has 0 N–H and O–H groups in total. The van der Waals surface area contributed by atoms with E-state index >= 15 is 0 Å². The maximum absolute atomic E-state index is 11.6. The molecular weight excluding hydrogens is 326 g/mol. The maximum atomic E-state index is 11.6. The molecule has 2 aromatic rings. The van der Waals surface area contributed by atoms with Crippen LogP contribution in [0, 0.1) is 0 Å². The third kappa shape index (κ3) is 3.84. The van der Waals surface area contributed by atoms with E-state index in [0.717, 1.165) is 5.56 Å². The van der Waals surface area contributed by atoms with Gasteiger partial charge in [-0.1, -0.05) is 43.3 Å². The van der Waals surface area contributed by atoms with Crippen molar-refractivity contribution in [2.45, 2.75) is 38.8 Å². The zero-order valence-corrected chi connectivity index (χ0v) is 15.1. The highest BCUT2D eigenvalue weighted by Crippen LogP contribution is 2.22. The Hall–Kier alpha value is -1.73. The third-order valence-corrected chi connectivity index (χ3v) is 6.27. The van der Waals surface area contributed by atoms with Crippen LogP contribution in [-0.2, 0) is 16.4 Å². The Kier molecular flexibility index (Phi) is 4.73. The number of rotatable bonds is 5. The molecule has 1 saturated heterocycles. The summed E-state index contributed by atoms with van der Waals surface area (Å²) in [5.74, 6) is 2.02. The van der Waals surface area contributed by atoms with E-state index in [0.29, 0.717) is 30.6 Å². The monoisotopic (exact) mass is 349 g/mol. The molecule has 0 bridgehead atoms. The lowest BCUT2D eigenvalue weighted by Crippen LogP contribution is -2.32. The van der Waals surface area contributed by atoms with Gasteiger partial charge in [0.1, 0.15) is 0 Å². The van der Waals surface area contributed by atoms with E-state index in [9.17, 15) is 8.42 Å². The van der Waals surface area contributed by atoms with Gasteiger partial charge in [0.15, 0.2) is 9.84 Å². The van der Waals surface area contributed by atoms with Gasteiger partial charge in [-0.15, -0.1) is 0 Å². The number of nitrogens with zero attached hydrogens (tertiary/aromatic N) is 3. The molecule has 24 heavy (non-hydrogen) atoms. The summed E-state index contributed by atoms with van der Waals surface area (Å²) < 4.78 is 28.5. The molecule has 1 aliphatic heterocycles. The highest BCUT2D eigenvalue weighted by atomic mass is 32.2. The molecule has 1 unspecified atom stereocenters. The molecule has 0 saturated carbocycles. The average molecular weight is 349 g/mol. The Labute approximate surface area is 142 Å². The van der Waals surface area contributed by atoms with Crippen LogP contribution >= 0.6 is 0 Å². The van der Waals surface area contributed by atoms with Gasteiger partial charge in [-0.25, -0.2) is 8.42 Å². The van der Waals surface area contributed by atoms with E-state index in [1.807, 2.05) is 24.1 Å². The van der Waals surface area contributed by atoms with Crippen LogP contribution in [0.15, 0.2) is 28.8 Å². The van der Waals surface area contributed by atoms with E-state index < -0.39 is 9.84 Å². The predicted octanol–water partition coefficient (Wildman–Crippen LogP) is 2.48. The van der Waals surface area contributed by atoms with Crippen LogP contribution in [0.2, 0.25) is 0 Å². The Morgan fingerprint density at radius 3 is 2.58 bits per heavy atom. The van der Waals surface area contributed by atoms with Crippen LogP contribution < -0.4 is 0 Å². The second kappa shape index (κ2) is 6.64. The first kappa shape index (κ1) is 17.1. The topological polar surface area (TPSA) is 76.3 Å². The maximum Gasteiger partial charge on any atom is 0.241 e. The Bertz CT molecular complexity index is 797. The molecule has 3 rings (SSSR count). The summed E-state index contributed by atoms with van der Waals surface area (Å²) in [4.78, 5) is 6.41. The van der Waals surface area contributed by atoms with Gasteiger partial charge in [-0.2, -0.15) is 4.98 Å². The lowest BCUT2D eigenvalue weighted by molar-refractivity contribution is 0.218. The minimum atomic E-state index is -2.89. The smallest absolute Gasteiger partial charge is 0.241 e. The summed E-state index contributed by atoms with van der Waals surface area (Å²) in [6, 6.07) is 8.17. The van der Waals surface area contributed by atoms with Crippen molar-refractivity contribution >= 4 is 9.84 Å². The van der Waals surface area contributed by atoms with E-state index in [-0.39, 0.29) is 17.5 Å². The number of hydrogen-bond donors (Lipinski definition) is 0. The summed E-state index contributed by atoms with van der Waals surface area (Å²) in [5, 5.41) is 4.04. The fraction of sp³-hybridized carbons (Fsp3) is 0.529. The molecule has 1 atom stereocenters. The van der Waals surface area contributed by atoms with Gasteiger partial charge in [-0.3, -0.25) is 4.90 Å². The zero-order valence-electron chi connectivity index (χ0n) is 14.3. The fourth-order valence-electron chi connectivity index (χ4n) is 2.92. The second-order valence-corrected chi connectivity index (χ2v) is 8.99.